The van der Waals surface area contributed by atoms with Crippen LogP contribution in [0.25, 0.3) is 0 Å². The quantitative estimate of drug-likeness (QED) is 0.711. The third-order valence-electron chi connectivity index (χ3n) is 3.39. The lowest BCUT2D eigenvalue weighted by atomic mass is 10.2. The number of carbonyl (C=O) groups excluding carboxylic acids is 2. The van der Waals surface area contributed by atoms with Crippen molar-refractivity contribution < 1.29 is 9.59 Å². The van der Waals surface area contributed by atoms with Gasteiger partial charge in [0.1, 0.15) is 6.04 Å². The van der Waals surface area contributed by atoms with Crippen LogP contribution in [0.15, 0.2) is 0 Å². The highest BCUT2D eigenvalue weighted by Gasteiger charge is 2.36. The van der Waals surface area contributed by atoms with Crippen LogP contribution >= 0.6 is 15.9 Å². The molecule has 16 heavy (non-hydrogen) atoms. The maximum atomic E-state index is 12.2. The van der Waals surface area contributed by atoms with Crippen molar-refractivity contribution in [2.75, 3.05) is 25.0 Å². The zero-order chi connectivity index (χ0) is 11.5. The molecule has 0 unspecified atom stereocenters. The van der Waals surface area contributed by atoms with E-state index >= 15 is 0 Å². The van der Waals surface area contributed by atoms with E-state index in [1.54, 1.807) is 4.90 Å². The van der Waals surface area contributed by atoms with E-state index < -0.39 is 0 Å². The summed E-state index contributed by atoms with van der Waals surface area (Å²) in [5.74, 6) is 0.194. The van der Waals surface area contributed by atoms with E-state index in [1.807, 2.05) is 4.90 Å². The average molecular weight is 289 g/mol. The van der Waals surface area contributed by atoms with Gasteiger partial charge in [-0.3, -0.25) is 9.59 Å². The van der Waals surface area contributed by atoms with E-state index in [1.165, 1.54) is 0 Å². The topological polar surface area (TPSA) is 40.6 Å². The Hall–Kier alpha value is -0.580. The van der Waals surface area contributed by atoms with Gasteiger partial charge in [-0.1, -0.05) is 15.9 Å². The van der Waals surface area contributed by atoms with Crippen LogP contribution < -0.4 is 0 Å². The van der Waals surface area contributed by atoms with Crippen LogP contribution in [-0.2, 0) is 9.59 Å². The summed E-state index contributed by atoms with van der Waals surface area (Å²) in [6.07, 6.45) is 3.98. The van der Waals surface area contributed by atoms with Gasteiger partial charge in [0.15, 0.2) is 0 Å². The van der Waals surface area contributed by atoms with Crippen molar-refractivity contribution in [3.8, 4) is 0 Å². The number of alkyl halides is 1. The first-order valence-corrected chi connectivity index (χ1v) is 7.00. The second-order valence-electron chi connectivity index (χ2n) is 4.41. The molecule has 2 aliphatic heterocycles. The standard InChI is InChI=1S/C11H17BrN2O2/c12-8-10(15)14-7-3-4-9(14)11(16)13-5-1-2-6-13/h9H,1-8H2/t9-/m1/s1. The molecule has 2 rings (SSSR count). The van der Waals surface area contributed by atoms with Crippen LogP contribution in [-0.4, -0.2) is 52.6 Å². The number of likely N-dealkylation sites (tertiary alicyclic amines) is 2. The molecular formula is C11H17BrN2O2. The van der Waals surface area contributed by atoms with Gasteiger partial charge in [-0.15, -0.1) is 0 Å². The summed E-state index contributed by atoms with van der Waals surface area (Å²) in [5.41, 5.74) is 0. The molecule has 1 atom stereocenters. The lowest BCUT2D eigenvalue weighted by Crippen LogP contribution is -2.47. The predicted octanol–water partition coefficient (Wildman–Crippen LogP) is 0.995. The molecule has 2 heterocycles. The summed E-state index contributed by atoms with van der Waals surface area (Å²) >= 11 is 3.17. The molecule has 0 spiro atoms. The number of hydrogen-bond acceptors (Lipinski definition) is 2. The molecule has 5 heteroatoms. The predicted molar refractivity (Wildman–Crippen MR) is 64.3 cm³/mol. The lowest BCUT2D eigenvalue weighted by Gasteiger charge is -2.27. The fourth-order valence-corrected chi connectivity index (χ4v) is 2.87. The summed E-state index contributed by atoms with van der Waals surface area (Å²) in [6, 6.07) is -0.192. The van der Waals surface area contributed by atoms with E-state index in [0.29, 0.717) is 5.33 Å². The highest BCUT2D eigenvalue weighted by molar-refractivity contribution is 9.09. The van der Waals surface area contributed by atoms with E-state index in [9.17, 15) is 9.59 Å². The Morgan fingerprint density at radius 1 is 1.12 bits per heavy atom. The van der Waals surface area contributed by atoms with Crippen molar-refractivity contribution in [1.29, 1.82) is 0 Å². The smallest absolute Gasteiger partial charge is 0.245 e. The Balaban J connectivity index is 2.01. The maximum absolute atomic E-state index is 12.2. The SMILES string of the molecule is O=C([C@H]1CCCN1C(=O)CBr)N1CCCC1. The van der Waals surface area contributed by atoms with E-state index in [-0.39, 0.29) is 17.9 Å². The van der Waals surface area contributed by atoms with Gasteiger partial charge in [-0.05, 0) is 25.7 Å². The first-order chi connectivity index (χ1) is 7.74. The highest BCUT2D eigenvalue weighted by atomic mass is 79.9. The molecule has 90 valence electrons. The van der Waals surface area contributed by atoms with Gasteiger partial charge < -0.3 is 9.80 Å². The Morgan fingerprint density at radius 3 is 2.44 bits per heavy atom. The first kappa shape index (κ1) is 11.9. The van der Waals surface area contributed by atoms with Crippen molar-refractivity contribution in [3.05, 3.63) is 0 Å². The van der Waals surface area contributed by atoms with Crippen molar-refractivity contribution in [2.45, 2.75) is 31.7 Å². The van der Waals surface area contributed by atoms with Crippen LogP contribution in [0.5, 0.6) is 0 Å². The summed E-state index contributed by atoms with van der Waals surface area (Å²) < 4.78 is 0. The number of halogens is 1. The second-order valence-corrected chi connectivity index (χ2v) is 4.97. The number of hydrogen-bond donors (Lipinski definition) is 0. The van der Waals surface area contributed by atoms with E-state index in [2.05, 4.69) is 15.9 Å². The van der Waals surface area contributed by atoms with Crippen LogP contribution in [0.1, 0.15) is 25.7 Å². The second kappa shape index (κ2) is 5.17. The molecule has 4 nitrogen and oxygen atoms in total. The molecule has 2 amide bonds. The van der Waals surface area contributed by atoms with Crippen molar-refractivity contribution in [1.82, 2.24) is 9.80 Å². The Morgan fingerprint density at radius 2 is 1.81 bits per heavy atom. The lowest BCUT2D eigenvalue weighted by molar-refractivity contribution is -0.141. The van der Waals surface area contributed by atoms with Crippen molar-refractivity contribution >= 4 is 27.7 Å². The van der Waals surface area contributed by atoms with Crippen LogP contribution in [0.4, 0.5) is 0 Å². The van der Waals surface area contributed by atoms with Gasteiger partial charge in [-0.25, -0.2) is 0 Å². The highest BCUT2D eigenvalue weighted by Crippen LogP contribution is 2.21. The Kier molecular flexibility index (Phi) is 3.84. The van der Waals surface area contributed by atoms with Gasteiger partial charge in [-0.2, -0.15) is 0 Å². The summed E-state index contributed by atoms with van der Waals surface area (Å²) in [4.78, 5) is 27.5. The van der Waals surface area contributed by atoms with E-state index in [4.69, 9.17) is 0 Å². The molecule has 0 N–H and O–H groups in total. The number of rotatable bonds is 2. The van der Waals surface area contributed by atoms with Crippen LogP contribution in [0.3, 0.4) is 0 Å². The monoisotopic (exact) mass is 288 g/mol. The minimum atomic E-state index is -0.192. The maximum Gasteiger partial charge on any atom is 0.245 e. The van der Waals surface area contributed by atoms with Crippen LogP contribution in [0, 0.1) is 0 Å². The number of amides is 2. The van der Waals surface area contributed by atoms with Gasteiger partial charge in [0.05, 0.1) is 5.33 Å². The van der Waals surface area contributed by atoms with Gasteiger partial charge in [0, 0.05) is 19.6 Å². The average Bonchev–Trinajstić information content (AvgIpc) is 2.97. The zero-order valence-corrected chi connectivity index (χ0v) is 10.9. The van der Waals surface area contributed by atoms with Gasteiger partial charge in [0.2, 0.25) is 11.8 Å². The van der Waals surface area contributed by atoms with E-state index in [0.717, 1.165) is 45.3 Å². The summed E-state index contributed by atoms with van der Waals surface area (Å²) in [7, 11) is 0. The van der Waals surface area contributed by atoms with Crippen LogP contribution in [0.2, 0.25) is 0 Å². The zero-order valence-electron chi connectivity index (χ0n) is 9.32. The molecule has 0 radical (unpaired) electrons. The fraction of sp³-hybridized carbons (Fsp3) is 0.818. The fourth-order valence-electron chi connectivity index (χ4n) is 2.55. The largest absolute Gasteiger partial charge is 0.341 e. The molecule has 0 bridgehead atoms. The third-order valence-corrected chi connectivity index (χ3v) is 3.87. The Bertz CT molecular complexity index is 290. The summed E-state index contributed by atoms with van der Waals surface area (Å²) in [5, 5.41) is 0.316. The molecule has 0 aromatic carbocycles. The first-order valence-electron chi connectivity index (χ1n) is 5.88. The van der Waals surface area contributed by atoms with Crippen molar-refractivity contribution in [2.24, 2.45) is 0 Å². The molecule has 2 saturated heterocycles. The van der Waals surface area contributed by atoms with Crippen molar-refractivity contribution in [3.63, 3.8) is 0 Å². The molecule has 2 fully saturated rings. The molecule has 0 aromatic heterocycles. The molecular weight excluding hydrogens is 272 g/mol. The molecule has 0 aromatic rings. The normalized spacial score (nSPS) is 25.2. The third kappa shape index (κ3) is 2.24. The Labute approximate surface area is 104 Å². The number of carbonyl (C=O) groups is 2. The minimum absolute atomic E-state index is 0.0371. The van der Waals surface area contributed by atoms with Gasteiger partial charge in [0.25, 0.3) is 0 Å². The molecule has 0 saturated carbocycles. The number of nitrogens with zero attached hydrogens (tertiary/aromatic N) is 2. The molecule has 2 aliphatic rings. The summed E-state index contributed by atoms with van der Waals surface area (Å²) in [6.45, 7) is 2.46. The minimum Gasteiger partial charge on any atom is -0.341 e. The van der Waals surface area contributed by atoms with Gasteiger partial charge >= 0.3 is 0 Å². The molecule has 0 aliphatic carbocycles.